The zero-order valence-corrected chi connectivity index (χ0v) is 24.9. The summed E-state index contributed by atoms with van der Waals surface area (Å²) >= 11 is 3.72. The molecule has 1 aromatic heterocycles. The predicted molar refractivity (Wildman–Crippen MR) is 172 cm³/mol. The standard InChI is InChI=1S/C32H24IN5O2S/c1-21-6-13-27(14-7-21)36-32-37-29(20-41-32)23-9-11-24(12-10-23)31(39)38-35-18-22-8-15-30(28(33)16-22)40-19-26-5-3-2-4-25(26)17-34/h2-16,18,20H,19H2,1H3,(H,36,37)(H,38,39)/b35-18-. The fourth-order valence-corrected chi connectivity index (χ4v) is 5.31. The van der Waals surface area contributed by atoms with Gasteiger partial charge in [0.25, 0.3) is 5.91 Å². The molecule has 202 valence electrons. The van der Waals surface area contributed by atoms with Crippen molar-refractivity contribution >= 4 is 56.9 Å². The molecule has 1 heterocycles. The summed E-state index contributed by atoms with van der Waals surface area (Å²) in [5.41, 5.74) is 9.27. The molecular formula is C32H24IN5O2S. The van der Waals surface area contributed by atoms with Crippen LogP contribution in [0.25, 0.3) is 11.3 Å². The highest BCUT2D eigenvalue weighted by molar-refractivity contribution is 14.1. The van der Waals surface area contributed by atoms with Crippen LogP contribution in [0.1, 0.15) is 32.6 Å². The number of halogens is 1. The molecule has 0 aliphatic carbocycles. The normalized spacial score (nSPS) is 10.8. The molecule has 0 bridgehead atoms. The molecule has 41 heavy (non-hydrogen) atoms. The molecule has 2 N–H and O–H groups in total. The number of anilines is 2. The monoisotopic (exact) mass is 669 g/mol. The van der Waals surface area contributed by atoms with E-state index < -0.39 is 0 Å². The summed E-state index contributed by atoms with van der Waals surface area (Å²) in [5.74, 6) is 0.399. The maximum absolute atomic E-state index is 12.6. The van der Waals surface area contributed by atoms with Gasteiger partial charge in [0.2, 0.25) is 0 Å². The number of nitrogens with zero attached hydrogens (tertiary/aromatic N) is 3. The number of hydrazone groups is 1. The summed E-state index contributed by atoms with van der Waals surface area (Å²) in [6.07, 6.45) is 1.58. The maximum atomic E-state index is 12.6. The molecule has 0 radical (unpaired) electrons. The lowest BCUT2D eigenvalue weighted by molar-refractivity contribution is 0.0955. The quantitative estimate of drug-likeness (QED) is 0.0953. The summed E-state index contributed by atoms with van der Waals surface area (Å²) in [6.45, 7) is 2.36. The Balaban J connectivity index is 1.15. The number of hydrogen-bond donors (Lipinski definition) is 2. The fraction of sp³-hybridized carbons (Fsp3) is 0.0625. The van der Waals surface area contributed by atoms with Crippen LogP contribution < -0.4 is 15.5 Å². The second-order valence-corrected chi connectivity index (χ2v) is 11.1. The Labute approximate surface area is 255 Å². The second kappa shape index (κ2) is 13.2. The number of hydrogen-bond acceptors (Lipinski definition) is 7. The highest BCUT2D eigenvalue weighted by Crippen LogP contribution is 2.28. The first-order valence-corrected chi connectivity index (χ1v) is 14.6. The molecule has 0 fully saturated rings. The Kier molecular flexibility index (Phi) is 9.03. The number of ether oxygens (including phenoxy) is 1. The lowest BCUT2D eigenvalue weighted by Gasteiger charge is -2.10. The van der Waals surface area contributed by atoms with Gasteiger partial charge in [-0.25, -0.2) is 10.4 Å². The van der Waals surface area contributed by atoms with E-state index in [0.29, 0.717) is 23.5 Å². The van der Waals surface area contributed by atoms with Crippen LogP contribution in [0.4, 0.5) is 10.8 Å². The summed E-state index contributed by atoms with van der Waals surface area (Å²) < 4.78 is 6.80. The molecule has 7 nitrogen and oxygen atoms in total. The minimum Gasteiger partial charge on any atom is -0.488 e. The third-order valence-electron chi connectivity index (χ3n) is 6.11. The number of nitrogens with one attached hydrogen (secondary N) is 2. The van der Waals surface area contributed by atoms with Crippen LogP contribution >= 0.6 is 33.9 Å². The van der Waals surface area contributed by atoms with Crippen molar-refractivity contribution < 1.29 is 9.53 Å². The Morgan fingerprint density at radius 2 is 1.85 bits per heavy atom. The second-order valence-electron chi connectivity index (χ2n) is 9.05. The average Bonchev–Trinajstić information content (AvgIpc) is 3.46. The SMILES string of the molecule is Cc1ccc(Nc2nc(-c3ccc(C(=O)N/N=C\c4ccc(OCc5ccccc5C#N)c(I)c4)cc3)cs2)cc1. The Morgan fingerprint density at radius 3 is 2.61 bits per heavy atom. The zero-order chi connectivity index (χ0) is 28.6. The van der Waals surface area contributed by atoms with Crippen molar-refractivity contribution in [1.29, 1.82) is 5.26 Å². The molecule has 0 aliphatic heterocycles. The molecule has 1 amide bonds. The van der Waals surface area contributed by atoms with E-state index in [4.69, 9.17) is 4.74 Å². The number of rotatable bonds is 9. The van der Waals surface area contributed by atoms with Crippen molar-refractivity contribution in [2.75, 3.05) is 5.32 Å². The Bertz CT molecular complexity index is 1740. The van der Waals surface area contributed by atoms with E-state index in [0.717, 1.165) is 36.8 Å². The van der Waals surface area contributed by atoms with Crippen molar-refractivity contribution in [3.8, 4) is 23.1 Å². The molecule has 5 aromatic rings. The van der Waals surface area contributed by atoms with E-state index in [1.807, 2.05) is 66.0 Å². The van der Waals surface area contributed by atoms with Crippen LogP contribution in [-0.4, -0.2) is 17.1 Å². The molecule has 0 atom stereocenters. The molecule has 0 unspecified atom stereocenters. The van der Waals surface area contributed by atoms with Gasteiger partial charge in [-0.3, -0.25) is 4.79 Å². The van der Waals surface area contributed by atoms with Crippen LogP contribution in [0.2, 0.25) is 0 Å². The van der Waals surface area contributed by atoms with Gasteiger partial charge in [-0.2, -0.15) is 10.4 Å². The van der Waals surface area contributed by atoms with Gasteiger partial charge in [0.15, 0.2) is 5.13 Å². The number of thiazole rings is 1. The summed E-state index contributed by atoms with van der Waals surface area (Å²) in [4.78, 5) is 17.3. The molecule has 9 heteroatoms. The molecule has 5 rings (SSSR count). The van der Waals surface area contributed by atoms with E-state index in [1.165, 1.54) is 16.9 Å². The van der Waals surface area contributed by atoms with E-state index in [9.17, 15) is 10.1 Å². The average molecular weight is 670 g/mol. The fourth-order valence-electron chi connectivity index (χ4n) is 3.87. The topological polar surface area (TPSA) is 99.4 Å². The smallest absolute Gasteiger partial charge is 0.271 e. The van der Waals surface area contributed by atoms with Gasteiger partial charge in [-0.15, -0.1) is 11.3 Å². The van der Waals surface area contributed by atoms with Gasteiger partial charge in [-0.05, 0) is 83.6 Å². The van der Waals surface area contributed by atoms with Crippen LogP contribution in [-0.2, 0) is 6.61 Å². The minimum atomic E-state index is -0.307. The number of aromatic nitrogens is 1. The van der Waals surface area contributed by atoms with Crippen LogP contribution in [0.5, 0.6) is 5.75 Å². The van der Waals surface area contributed by atoms with Crippen LogP contribution in [0, 0.1) is 21.8 Å². The number of carbonyl (C=O) groups is 1. The summed E-state index contributed by atoms with van der Waals surface area (Å²) in [7, 11) is 0. The minimum absolute atomic E-state index is 0.302. The maximum Gasteiger partial charge on any atom is 0.271 e. The van der Waals surface area contributed by atoms with E-state index in [2.05, 4.69) is 68.5 Å². The van der Waals surface area contributed by atoms with Gasteiger partial charge in [-0.1, -0.05) is 48.0 Å². The molecule has 4 aromatic carbocycles. The third-order valence-corrected chi connectivity index (χ3v) is 7.71. The molecule has 0 saturated heterocycles. The van der Waals surface area contributed by atoms with Gasteiger partial charge in [0.1, 0.15) is 12.4 Å². The molecule has 0 aliphatic rings. The lowest BCUT2D eigenvalue weighted by atomic mass is 10.1. The first-order chi connectivity index (χ1) is 20.0. The van der Waals surface area contributed by atoms with Crippen molar-refractivity contribution in [3.05, 3.63) is 128 Å². The first-order valence-electron chi connectivity index (χ1n) is 12.6. The number of benzene rings is 4. The van der Waals surface area contributed by atoms with E-state index in [1.54, 1.807) is 24.4 Å². The van der Waals surface area contributed by atoms with Crippen LogP contribution in [0.3, 0.4) is 0 Å². The number of nitriles is 1. The van der Waals surface area contributed by atoms with Gasteiger partial charge in [0, 0.05) is 27.8 Å². The molecule has 0 saturated carbocycles. The third kappa shape index (κ3) is 7.36. The number of amides is 1. The van der Waals surface area contributed by atoms with Crippen LogP contribution in [0.15, 0.2) is 101 Å². The van der Waals surface area contributed by atoms with Gasteiger partial charge in [0.05, 0.1) is 27.1 Å². The summed E-state index contributed by atoms with van der Waals surface area (Å²) in [5, 5.41) is 19.5. The zero-order valence-electron chi connectivity index (χ0n) is 22.0. The predicted octanol–water partition coefficient (Wildman–Crippen LogP) is 7.68. The first kappa shape index (κ1) is 28.0. The van der Waals surface area contributed by atoms with E-state index in [-0.39, 0.29) is 5.91 Å². The number of carbonyl (C=O) groups excluding carboxylic acids is 1. The van der Waals surface area contributed by atoms with Crippen molar-refractivity contribution in [1.82, 2.24) is 10.4 Å². The highest BCUT2D eigenvalue weighted by atomic mass is 127. The number of aryl methyl sites for hydroxylation is 1. The molecular weight excluding hydrogens is 645 g/mol. The lowest BCUT2D eigenvalue weighted by Crippen LogP contribution is -2.17. The van der Waals surface area contributed by atoms with Crippen molar-refractivity contribution in [2.24, 2.45) is 5.10 Å². The largest absolute Gasteiger partial charge is 0.488 e. The summed E-state index contributed by atoms with van der Waals surface area (Å²) in [6, 6.07) is 30.6. The highest BCUT2D eigenvalue weighted by Gasteiger charge is 2.09. The molecule has 0 spiro atoms. The Morgan fingerprint density at radius 1 is 1.07 bits per heavy atom. The van der Waals surface area contributed by atoms with E-state index >= 15 is 0 Å². The van der Waals surface area contributed by atoms with Crippen molar-refractivity contribution in [2.45, 2.75) is 13.5 Å². The van der Waals surface area contributed by atoms with Gasteiger partial charge < -0.3 is 10.1 Å². The van der Waals surface area contributed by atoms with Crippen molar-refractivity contribution in [3.63, 3.8) is 0 Å². The van der Waals surface area contributed by atoms with Gasteiger partial charge >= 0.3 is 0 Å². The Hall–Kier alpha value is -4.53.